The van der Waals surface area contributed by atoms with Gasteiger partial charge in [-0.05, 0) is 36.8 Å². The first kappa shape index (κ1) is 23.8. The van der Waals surface area contributed by atoms with Gasteiger partial charge in [-0.2, -0.15) is 23.5 Å². The fourth-order valence-electron chi connectivity index (χ4n) is 2.21. The van der Waals surface area contributed by atoms with Gasteiger partial charge in [0.15, 0.2) is 0 Å². The highest BCUT2D eigenvalue weighted by Crippen LogP contribution is 2.08. The van der Waals surface area contributed by atoms with E-state index in [4.69, 9.17) is 0 Å². The molecule has 0 aromatic heterocycles. The minimum absolute atomic E-state index is 0.292. The molecule has 2 N–H and O–H groups in total. The van der Waals surface area contributed by atoms with Crippen LogP contribution in [0.2, 0.25) is 0 Å². The number of rotatable bonds is 10. The van der Waals surface area contributed by atoms with E-state index in [1.807, 2.05) is 12.5 Å². The number of esters is 2. The van der Waals surface area contributed by atoms with Gasteiger partial charge in [-0.3, -0.25) is 9.59 Å². The number of methoxy groups -OCH3 is 2. The Morgan fingerprint density at radius 2 is 1.11 bits per heavy atom. The molecule has 0 fully saturated rings. The summed E-state index contributed by atoms with van der Waals surface area (Å²) in [6.45, 7) is 0. The molecule has 0 aliphatic rings. The number of benzene rings is 1. The fraction of sp³-hybridized carbons (Fsp3) is 0.444. The van der Waals surface area contributed by atoms with Crippen LogP contribution in [0.15, 0.2) is 24.3 Å². The lowest BCUT2D eigenvalue weighted by Gasteiger charge is -2.16. The lowest BCUT2D eigenvalue weighted by Crippen LogP contribution is -2.43. The highest BCUT2D eigenvalue weighted by atomic mass is 32.2. The van der Waals surface area contributed by atoms with Crippen molar-refractivity contribution < 1.29 is 28.7 Å². The Kier molecular flexibility index (Phi) is 10.5. The van der Waals surface area contributed by atoms with Crippen LogP contribution >= 0.6 is 23.5 Å². The molecule has 2 unspecified atom stereocenters. The zero-order valence-corrected chi connectivity index (χ0v) is 17.8. The second-order valence-electron chi connectivity index (χ2n) is 5.59. The molecule has 28 heavy (non-hydrogen) atoms. The Labute approximate surface area is 172 Å². The van der Waals surface area contributed by atoms with E-state index in [1.165, 1.54) is 62.0 Å². The minimum atomic E-state index is -0.761. The average Bonchev–Trinajstić information content (AvgIpc) is 2.71. The third-order valence-corrected chi connectivity index (χ3v) is 4.99. The summed E-state index contributed by atoms with van der Waals surface area (Å²) < 4.78 is 9.36. The largest absolute Gasteiger partial charge is 0.467 e. The molecule has 0 saturated heterocycles. The molecule has 0 aliphatic carbocycles. The van der Waals surface area contributed by atoms with Crippen LogP contribution in [0, 0.1) is 0 Å². The Morgan fingerprint density at radius 1 is 0.786 bits per heavy atom. The summed E-state index contributed by atoms with van der Waals surface area (Å²) in [7, 11) is 2.52. The molecule has 0 aliphatic heterocycles. The summed E-state index contributed by atoms with van der Waals surface area (Å²) in [4.78, 5) is 48.1. The van der Waals surface area contributed by atoms with Gasteiger partial charge in [0, 0.05) is 22.6 Å². The summed E-state index contributed by atoms with van der Waals surface area (Å²) in [6, 6.07) is 4.36. The number of amides is 2. The Bertz CT molecular complexity index is 637. The monoisotopic (exact) mass is 428 g/mol. The van der Waals surface area contributed by atoms with E-state index in [2.05, 4.69) is 20.1 Å². The van der Waals surface area contributed by atoms with Gasteiger partial charge in [0.2, 0.25) is 0 Å². The first-order valence-electron chi connectivity index (χ1n) is 8.23. The van der Waals surface area contributed by atoms with Crippen LogP contribution in [0.5, 0.6) is 0 Å². The number of hydrogen-bond donors (Lipinski definition) is 2. The van der Waals surface area contributed by atoms with E-state index in [-0.39, 0.29) is 0 Å². The van der Waals surface area contributed by atoms with Gasteiger partial charge in [-0.25, -0.2) is 9.59 Å². The van der Waals surface area contributed by atoms with Gasteiger partial charge in [0.25, 0.3) is 11.8 Å². The van der Waals surface area contributed by atoms with Crippen molar-refractivity contribution in [3.8, 4) is 0 Å². The van der Waals surface area contributed by atoms with Crippen LogP contribution in [0.1, 0.15) is 20.7 Å². The molecule has 2 atom stereocenters. The quantitative estimate of drug-likeness (QED) is 0.530. The predicted octanol–water partition coefficient (Wildman–Crippen LogP) is 0.955. The molecule has 8 nitrogen and oxygen atoms in total. The maximum atomic E-state index is 12.3. The Morgan fingerprint density at radius 3 is 1.36 bits per heavy atom. The fourth-order valence-corrected chi connectivity index (χ4v) is 3.32. The van der Waals surface area contributed by atoms with Crippen LogP contribution in [-0.2, 0) is 19.1 Å². The number of ether oxygens (including phenoxy) is 2. The molecule has 0 heterocycles. The van der Waals surface area contributed by atoms with Crippen molar-refractivity contribution in [1.82, 2.24) is 10.6 Å². The van der Waals surface area contributed by atoms with E-state index in [1.54, 1.807) is 0 Å². The van der Waals surface area contributed by atoms with Gasteiger partial charge >= 0.3 is 11.9 Å². The van der Waals surface area contributed by atoms with Crippen molar-refractivity contribution in [2.75, 3.05) is 38.2 Å². The van der Waals surface area contributed by atoms with Crippen molar-refractivity contribution in [2.45, 2.75) is 12.1 Å². The second kappa shape index (κ2) is 12.3. The van der Waals surface area contributed by atoms with Gasteiger partial charge in [0.1, 0.15) is 12.1 Å². The number of carbonyl (C=O) groups is 4. The minimum Gasteiger partial charge on any atom is -0.467 e. The van der Waals surface area contributed by atoms with Crippen molar-refractivity contribution in [2.24, 2.45) is 0 Å². The van der Waals surface area contributed by atoms with Crippen molar-refractivity contribution >= 4 is 47.3 Å². The molecular formula is C18H24N2O6S2. The van der Waals surface area contributed by atoms with Gasteiger partial charge in [-0.15, -0.1) is 0 Å². The third-order valence-electron chi connectivity index (χ3n) is 3.66. The third kappa shape index (κ3) is 7.08. The maximum absolute atomic E-state index is 12.3. The molecule has 1 rings (SSSR count). The van der Waals surface area contributed by atoms with E-state index in [0.717, 1.165) is 0 Å². The number of carbonyl (C=O) groups excluding carboxylic acids is 4. The van der Waals surface area contributed by atoms with Crippen LogP contribution in [0.3, 0.4) is 0 Å². The van der Waals surface area contributed by atoms with Crippen molar-refractivity contribution in [3.05, 3.63) is 35.4 Å². The normalized spacial score (nSPS) is 12.4. The summed E-state index contributed by atoms with van der Waals surface area (Å²) in [5.41, 5.74) is 0.584. The molecule has 2 amide bonds. The summed E-state index contributed by atoms with van der Waals surface area (Å²) in [6.07, 6.45) is 3.63. The first-order valence-corrected chi connectivity index (χ1v) is 11.0. The van der Waals surface area contributed by atoms with Crippen LogP contribution < -0.4 is 10.6 Å². The summed E-state index contributed by atoms with van der Waals surface area (Å²) >= 11 is 2.81. The van der Waals surface area contributed by atoms with E-state index >= 15 is 0 Å². The smallest absolute Gasteiger partial charge is 0.329 e. The highest BCUT2D eigenvalue weighted by molar-refractivity contribution is 7.98. The number of hydrogen-bond acceptors (Lipinski definition) is 8. The molecule has 10 heteroatoms. The maximum Gasteiger partial charge on any atom is 0.329 e. The molecule has 0 saturated carbocycles. The molecule has 0 spiro atoms. The molecule has 1 aromatic rings. The standard InChI is InChI=1S/C18H24N2O6S2/c1-25-17(23)13(9-27-3)19-15(21)11-5-7-12(8-6-11)16(22)20-14(10-28-4)18(24)26-2/h5-8,13-14H,9-10H2,1-4H3,(H,19,21)(H,20,22). The van der Waals surface area contributed by atoms with Crippen molar-refractivity contribution in [3.63, 3.8) is 0 Å². The summed E-state index contributed by atoms with van der Waals surface area (Å²) in [5.74, 6) is -1.20. The lowest BCUT2D eigenvalue weighted by molar-refractivity contribution is -0.143. The van der Waals surface area contributed by atoms with Crippen molar-refractivity contribution in [1.29, 1.82) is 0 Å². The Balaban J connectivity index is 2.81. The van der Waals surface area contributed by atoms with Gasteiger partial charge in [-0.1, -0.05) is 0 Å². The zero-order chi connectivity index (χ0) is 21.1. The van der Waals surface area contributed by atoms with Crippen LogP contribution in [-0.4, -0.2) is 74.1 Å². The molecule has 0 radical (unpaired) electrons. The molecule has 0 bridgehead atoms. The Hall–Kier alpha value is -2.20. The summed E-state index contributed by atoms with van der Waals surface area (Å²) in [5, 5.41) is 5.21. The van der Waals surface area contributed by atoms with E-state index in [0.29, 0.717) is 22.6 Å². The highest BCUT2D eigenvalue weighted by Gasteiger charge is 2.23. The average molecular weight is 429 g/mol. The number of thioether (sulfide) groups is 2. The SMILES string of the molecule is COC(=O)C(CSC)NC(=O)c1ccc(C(=O)NC(CSC)C(=O)OC)cc1. The van der Waals surface area contributed by atoms with Crippen LogP contribution in [0.4, 0.5) is 0 Å². The molecule has 1 aromatic carbocycles. The predicted molar refractivity (Wildman–Crippen MR) is 110 cm³/mol. The van der Waals surface area contributed by atoms with Gasteiger partial charge < -0.3 is 20.1 Å². The van der Waals surface area contributed by atoms with Crippen LogP contribution in [0.25, 0.3) is 0 Å². The molecular weight excluding hydrogens is 404 g/mol. The van der Waals surface area contributed by atoms with Gasteiger partial charge in [0.05, 0.1) is 14.2 Å². The first-order chi connectivity index (χ1) is 13.4. The lowest BCUT2D eigenvalue weighted by atomic mass is 10.1. The molecule has 154 valence electrons. The number of nitrogens with one attached hydrogen (secondary N) is 2. The topological polar surface area (TPSA) is 111 Å². The van der Waals surface area contributed by atoms with E-state index in [9.17, 15) is 19.2 Å². The van der Waals surface area contributed by atoms with E-state index < -0.39 is 35.8 Å². The zero-order valence-electron chi connectivity index (χ0n) is 16.1. The second-order valence-corrected chi connectivity index (χ2v) is 7.41.